The van der Waals surface area contributed by atoms with E-state index in [1.807, 2.05) is 0 Å². The summed E-state index contributed by atoms with van der Waals surface area (Å²) in [4.78, 5) is 4.14. The molecule has 0 radical (unpaired) electrons. The quantitative estimate of drug-likeness (QED) is 0.370. The first kappa shape index (κ1) is 19.3. The molecule has 1 aliphatic carbocycles. The third kappa shape index (κ3) is 6.49. The predicted molar refractivity (Wildman–Crippen MR) is 100.0 cm³/mol. The van der Waals surface area contributed by atoms with E-state index < -0.39 is 10.0 Å². The lowest BCUT2D eigenvalue weighted by atomic mass is 10.3. The van der Waals surface area contributed by atoms with E-state index in [1.165, 1.54) is 12.8 Å². The van der Waals surface area contributed by atoms with Gasteiger partial charge in [-0.05, 0) is 12.8 Å². The van der Waals surface area contributed by atoms with E-state index in [0.29, 0.717) is 25.1 Å². The first-order valence-corrected chi connectivity index (χ1v) is 9.96. The fourth-order valence-corrected chi connectivity index (χ4v) is 5.01. The van der Waals surface area contributed by atoms with Crippen molar-refractivity contribution in [3.63, 3.8) is 0 Å². The maximum Gasteiger partial charge on any atom is 0.215 e. The Hall–Kier alpha value is 0.260. The van der Waals surface area contributed by atoms with E-state index in [4.69, 9.17) is 5.73 Å². The van der Waals surface area contributed by atoms with Gasteiger partial charge in [0, 0.05) is 30.6 Å². The topological polar surface area (TPSA) is 87.8 Å². The molecule has 1 aliphatic heterocycles. The van der Waals surface area contributed by atoms with Gasteiger partial charge in [0.1, 0.15) is 0 Å². The van der Waals surface area contributed by atoms with Crippen molar-refractivity contribution in [3.8, 4) is 0 Å². The van der Waals surface area contributed by atoms with Crippen LogP contribution in [-0.4, -0.2) is 61.6 Å². The second-order valence-corrected chi connectivity index (χ2v) is 8.53. The highest BCUT2D eigenvalue weighted by Gasteiger charge is 2.23. The Bertz CT molecular complexity index is 433. The molecule has 9 heteroatoms. The molecule has 0 unspecified atom stereocenters. The number of halogens is 1. The summed E-state index contributed by atoms with van der Waals surface area (Å²) >= 11 is 1.80. The number of thioether (sulfide) groups is 1. The Morgan fingerprint density at radius 3 is 2.52 bits per heavy atom. The fraction of sp³-hybridized carbons (Fsp3) is 0.917. The number of guanidine groups is 1. The summed E-state index contributed by atoms with van der Waals surface area (Å²) in [6, 6.07) is 0.412. The molecule has 124 valence electrons. The summed E-state index contributed by atoms with van der Waals surface area (Å²) in [5.74, 6) is 2.19. The van der Waals surface area contributed by atoms with Crippen LogP contribution < -0.4 is 11.1 Å². The molecule has 0 amide bonds. The number of nitrogens with two attached hydrogens (primary N) is 1. The zero-order chi connectivity index (χ0) is 14.4. The van der Waals surface area contributed by atoms with Gasteiger partial charge in [-0.2, -0.15) is 11.8 Å². The van der Waals surface area contributed by atoms with Crippen LogP contribution in [0.15, 0.2) is 4.99 Å². The minimum atomic E-state index is -3.18. The highest BCUT2D eigenvalue weighted by Crippen LogP contribution is 2.17. The van der Waals surface area contributed by atoms with Crippen LogP contribution >= 0.6 is 35.7 Å². The van der Waals surface area contributed by atoms with Crippen LogP contribution in [0.4, 0.5) is 0 Å². The van der Waals surface area contributed by atoms with Gasteiger partial charge < -0.3 is 11.1 Å². The van der Waals surface area contributed by atoms with Gasteiger partial charge in [-0.25, -0.2) is 12.7 Å². The van der Waals surface area contributed by atoms with Gasteiger partial charge in [0.05, 0.1) is 12.3 Å². The van der Waals surface area contributed by atoms with Crippen molar-refractivity contribution in [2.75, 3.05) is 36.9 Å². The van der Waals surface area contributed by atoms with E-state index >= 15 is 0 Å². The SMILES string of the molecule is I.NC(=NCCS(=O)(=O)N1CCSCC1)NC1CCCC1. The standard InChI is InChI=1S/C12H24N4O2S2.HI/c13-12(15-11-3-1-2-4-11)14-5-10-20(17,18)16-6-8-19-9-7-16;/h11H,1-10H2,(H3,13,14,15);1H. The van der Waals surface area contributed by atoms with Crippen molar-refractivity contribution < 1.29 is 8.42 Å². The molecule has 1 saturated carbocycles. The van der Waals surface area contributed by atoms with Crippen LogP contribution in [-0.2, 0) is 10.0 Å². The smallest absolute Gasteiger partial charge is 0.215 e. The van der Waals surface area contributed by atoms with Crippen molar-refractivity contribution in [2.24, 2.45) is 10.7 Å². The zero-order valence-electron chi connectivity index (χ0n) is 12.2. The molecule has 0 bridgehead atoms. The van der Waals surface area contributed by atoms with E-state index in [9.17, 15) is 8.42 Å². The van der Waals surface area contributed by atoms with Gasteiger partial charge in [-0.1, -0.05) is 12.8 Å². The van der Waals surface area contributed by atoms with Crippen molar-refractivity contribution in [2.45, 2.75) is 31.7 Å². The molecule has 6 nitrogen and oxygen atoms in total. The number of rotatable bonds is 5. The Kier molecular flexibility index (Phi) is 8.65. The lowest BCUT2D eigenvalue weighted by Gasteiger charge is -2.25. The maximum atomic E-state index is 12.1. The van der Waals surface area contributed by atoms with Gasteiger partial charge in [-0.15, -0.1) is 24.0 Å². The molecule has 2 rings (SSSR count). The molecule has 0 aromatic heterocycles. The van der Waals surface area contributed by atoms with Crippen molar-refractivity contribution in [3.05, 3.63) is 0 Å². The molecule has 0 spiro atoms. The summed E-state index contributed by atoms with van der Waals surface area (Å²) in [5, 5.41) is 3.16. The molecule has 2 aliphatic rings. The largest absolute Gasteiger partial charge is 0.370 e. The Morgan fingerprint density at radius 2 is 1.90 bits per heavy atom. The third-order valence-corrected chi connectivity index (χ3v) is 6.49. The van der Waals surface area contributed by atoms with Crippen LogP contribution in [0.5, 0.6) is 0 Å². The Balaban J connectivity index is 0.00000220. The molecule has 1 heterocycles. The molecular formula is C12H25IN4O2S2. The van der Waals surface area contributed by atoms with Gasteiger partial charge >= 0.3 is 0 Å². The Morgan fingerprint density at radius 1 is 1.29 bits per heavy atom. The lowest BCUT2D eigenvalue weighted by Crippen LogP contribution is -2.41. The molecule has 3 N–H and O–H groups in total. The normalized spacial score (nSPS) is 22.0. The van der Waals surface area contributed by atoms with Gasteiger partial charge in [-0.3, -0.25) is 4.99 Å². The van der Waals surface area contributed by atoms with Gasteiger partial charge in [0.15, 0.2) is 5.96 Å². The van der Waals surface area contributed by atoms with Crippen molar-refractivity contribution >= 4 is 51.7 Å². The molecule has 21 heavy (non-hydrogen) atoms. The predicted octanol–water partition coefficient (Wildman–Crippen LogP) is 0.830. The molecule has 1 saturated heterocycles. The Labute approximate surface area is 148 Å². The number of aliphatic imine (C=N–C) groups is 1. The number of nitrogens with one attached hydrogen (secondary N) is 1. The molecule has 0 aromatic carbocycles. The average molecular weight is 448 g/mol. The number of sulfonamides is 1. The van der Waals surface area contributed by atoms with Crippen LogP contribution in [0.25, 0.3) is 0 Å². The minimum absolute atomic E-state index is 0. The summed E-state index contributed by atoms with van der Waals surface area (Å²) in [6.45, 7) is 1.47. The number of hydrogen-bond donors (Lipinski definition) is 2. The highest BCUT2D eigenvalue weighted by molar-refractivity contribution is 14.0. The minimum Gasteiger partial charge on any atom is -0.370 e. The van der Waals surface area contributed by atoms with Crippen molar-refractivity contribution in [1.29, 1.82) is 0 Å². The summed E-state index contributed by atoms with van der Waals surface area (Å²) in [6.07, 6.45) is 4.71. The van der Waals surface area contributed by atoms with Gasteiger partial charge in [0.2, 0.25) is 10.0 Å². The maximum absolute atomic E-state index is 12.1. The van der Waals surface area contributed by atoms with Crippen LogP contribution in [0.2, 0.25) is 0 Å². The molecular weight excluding hydrogens is 423 g/mol. The monoisotopic (exact) mass is 448 g/mol. The number of nitrogens with zero attached hydrogens (tertiary/aromatic N) is 2. The van der Waals surface area contributed by atoms with Crippen LogP contribution in [0.3, 0.4) is 0 Å². The molecule has 0 atom stereocenters. The van der Waals surface area contributed by atoms with Crippen LogP contribution in [0, 0.1) is 0 Å². The van der Waals surface area contributed by atoms with E-state index in [2.05, 4.69) is 10.3 Å². The molecule has 2 fully saturated rings. The molecule has 0 aromatic rings. The summed E-state index contributed by atoms with van der Waals surface area (Å²) in [5.41, 5.74) is 5.79. The lowest BCUT2D eigenvalue weighted by molar-refractivity contribution is 0.444. The summed E-state index contributed by atoms with van der Waals surface area (Å²) in [7, 11) is -3.18. The van der Waals surface area contributed by atoms with E-state index in [0.717, 1.165) is 24.3 Å². The first-order chi connectivity index (χ1) is 9.58. The third-order valence-electron chi connectivity index (χ3n) is 3.70. The fourth-order valence-electron chi connectivity index (χ4n) is 2.56. The summed E-state index contributed by atoms with van der Waals surface area (Å²) < 4.78 is 25.8. The van der Waals surface area contributed by atoms with Crippen molar-refractivity contribution in [1.82, 2.24) is 9.62 Å². The van der Waals surface area contributed by atoms with E-state index in [1.54, 1.807) is 16.1 Å². The second kappa shape index (κ2) is 9.41. The first-order valence-electron chi connectivity index (χ1n) is 7.20. The number of hydrogen-bond acceptors (Lipinski definition) is 4. The zero-order valence-corrected chi connectivity index (χ0v) is 16.1. The van der Waals surface area contributed by atoms with Gasteiger partial charge in [0.25, 0.3) is 0 Å². The average Bonchev–Trinajstić information content (AvgIpc) is 2.92. The highest BCUT2D eigenvalue weighted by atomic mass is 127. The van der Waals surface area contributed by atoms with E-state index in [-0.39, 0.29) is 36.3 Å². The second-order valence-electron chi connectivity index (χ2n) is 5.22. The van der Waals surface area contributed by atoms with Crippen LogP contribution in [0.1, 0.15) is 25.7 Å².